The Balaban J connectivity index is 2.01. The van der Waals surface area contributed by atoms with Gasteiger partial charge >= 0.3 is 6.03 Å². The van der Waals surface area contributed by atoms with Crippen molar-refractivity contribution >= 4 is 41.8 Å². The first-order valence-corrected chi connectivity index (χ1v) is 12.2. The molecule has 8 nitrogen and oxygen atoms in total. The molecule has 1 aromatic rings. The standard InChI is InChI=1S/C14H22BrN5O3Si/c1-24(2,3)5-4-23-13-11(19-10(15)8-16-13)20-12(21)9-6-17-14(22)18-7-9/h8-9H,4-7H2,1-3H3,(H2,17,18,22)(H,19,20,21). The highest BCUT2D eigenvalue weighted by Gasteiger charge is 2.25. The summed E-state index contributed by atoms with van der Waals surface area (Å²) in [6.45, 7) is 7.88. The molecule has 0 saturated carbocycles. The van der Waals surface area contributed by atoms with E-state index in [-0.39, 0.29) is 36.8 Å². The van der Waals surface area contributed by atoms with Crippen LogP contribution in [0.5, 0.6) is 5.88 Å². The Morgan fingerprint density at radius 2 is 2.08 bits per heavy atom. The van der Waals surface area contributed by atoms with Gasteiger partial charge < -0.3 is 20.7 Å². The molecule has 10 heteroatoms. The molecule has 1 aromatic heterocycles. The quantitative estimate of drug-likeness (QED) is 0.614. The molecular formula is C14H22BrN5O3Si. The van der Waals surface area contributed by atoms with Gasteiger partial charge in [-0.3, -0.25) is 4.79 Å². The largest absolute Gasteiger partial charge is 0.475 e. The van der Waals surface area contributed by atoms with E-state index in [1.165, 1.54) is 6.20 Å². The maximum absolute atomic E-state index is 12.3. The predicted molar refractivity (Wildman–Crippen MR) is 96.9 cm³/mol. The Morgan fingerprint density at radius 3 is 2.71 bits per heavy atom. The number of carbonyl (C=O) groups excluding carboxylic acids is 2. The molecule has 2 rings (SSSR count). The minimum Gasteiger partial charge on any atom is -0.475 e. The summed E-state index contributed by atoms with van der Waals surface area (Å²) in [7, 11) is -1.22. The van der Waals surface area contributed by atoms with Gasteiger partial charge in [0, 0.05) is 21.2 Å². The molecule has 3 amide bonds. The van der Waals surface area contributed by atoms with Crippen molar-refractivity contribution in [2.75, 3.05) is 25.0 Å². The van der Waals surface area contributed by atoms with Crippen molar-refractivity contribution in [2.24, 2.45) is 5.92 Å². The summed E-state index contributed by atoms with van der Waals surface area (Å²) in [5, 5.41) is 7.92. The summed E-state index contributed by atoms with van der Waals surface area (Å²) in [6, 6.07) is 0.716. The molecule has 3 N–H and O–H groups in total. The molecule has 24 heavy (non-hydrogen) atoms. The molecule has 1 fully saturated rings. The zero-order valence-electron chi connectivity index (χ0n) is 14.0. The lowest BCUT2D eigenvalue weighted by atomic mass is 10.1. The molecule has 0 radical (unpaired) electrons. The fourth-order valence-electron chi connectivity index (χ4n) is 1.97. The van der Waals surface area contributed by atoms with Crippen LogP contribution in [0.15, 0.2) is 10.8 Å². The lowest BCUT2D eigenvalue weighted by molar-refractivity contribution is -0.119. The van der Waals surface area contributed by atoms with E-state index in [1.54, 1.807) is 0 Å². The summed E-state index contributed by atoms with van der Waals surface area (Å²) in [5.74, 6) is -0.0392. The van der Waals surface area contributed by atoms with Gasteiger partial charge in [-0.25, -0.2) is 14.8 Å². The number of aromatic nitrogens is 2. The molecule has 132 valence electrons. The minimum atomic E-state index is -1.22. The molecule has 0 unspecified atom stereocenters. The average Bonchev–Trinajstić information content (AvgIpc) is 2.49. The first-order valence-electron chi connectivity index (χ1n) is 7.72. The van der Waals surface area contributed by atoms with Crippen LogP contribution in [-0.4, -0.2) is 49.7 Å². The van der Waals surface area contributed by atoms with E-state index < -0.39 is 8.07 Å². The van der Waals surface area contributed by atoms with Gasteiger partial charge in [0.15, 0.2) is 5.82 Å². The molecule has 1 aliphatic rings. The second kappa shape index (κ2) is 7.93. The maximum atomic E-state index is 12.3. The SMILES string of the molecule is C[Si](C)(C)CCOc1ncc(Br)nc1NC(=O)C1CNC(=O)NC1. The van der Waals surface area contributed by atoms with Gasteiger partial charge in [-0.2, -0.15) is 0 Å². The Kier molecular flexibility index (Phi) is 6.16. The number of hydrogen-bond donors (Lipinski definition) is 3. The van der Waals surface area contributed by atoms with E-state index in [2.05, 4.69) is 61.5 Å². The first-order chi connectivity index (χ1) is 11.2. The second-order valence-electron chi connectivity index (χ2n) is 6.78. The van der Waals surface area contributed by atoms with Crippen LogP contribution in [0.1, 0.15) is 0 Å². The van der Waals surface area contributed by atoms with Gasteiger partial charge in [-0.15, -0.1) is 0 Å². The number of urea groups is 1. The van der Waals surface area contributed by atoms with Crippen LogP contribution < -0.4 is 20.7 Å². The number of anilines is 1. The topological polar surface area (TPSA) is 105 Å². The fourth-order valence-corrected chi connectivity index (χ4v) is 2.96. The van der Waals surface area contributed by atoms with Crippen molar-refractivity contribution in [2.45, 2.75) is 25.7 Å². The van der Waals surface area contributed by atoms with E-state index in [0.717, 1.165) is 6.04 Å². The van der Waals surface area contributed by atoms with Crippen molar-refractivity contribution in [3.63, 3.8) is 0 Å². The normalized spacial score (nSPS) is 15.4. The summed E-state index contributed by atoms with van der Waals surface area (Å²) in [6.07, 6.45) is 1.53. The van der Waals surface area contributed by atoms with Crippen molar-refractivity contribution < 1.29 is 14.3 Å². The third kappa shape index (κ3) is 5.75. The van der Waals surface area contributed by atoms with Crippen LogP contribution in [0.2, 0.25) is 25.7 Å². The Morgan fingerprint density at radius 1 is 1.42 bits per heavy atom. The molecule has 1 saturated heterocycles. The van der Waals surface area contributed by atoms with E-state index in [0.29, 0.717) is 17.1 Å². The third-order valence-corrected chi connectivity index (χ3v) is 5.52. The number of nitrogens with zero attached hydrogens (tertiary/aromatic N) is 2. The Bertz CT molecular complexity index is 613. The number of rotatable bonds is 6. The van der Waals surface area contributed by atoms with Gasteiger partial charge in [0.2, 0.25) is 5.91 Å². The summed E-state index contributed by atoms with van der Waals surface area (Å²) < 4.78 is 6.22. The van der Waals surface area contributed by atoms with Crippen LogP contribution in [0.25, 0.3) is 0 Å². The lowest BCUT2D eigenvalue weighted by Gasteiger charge is -2.23. The van der Waals surface area contributed by atoms with Gasteiger partial charge in [-0.1, -0.05) is 19.6 Å². The van der Waals surface area contributed by atoms with Gasteiger partial charge in [0.1, 0.15) is 4.60 Å². The van der Waals surface area contributed by atoms with Crippen LogP contribution in [0, 0.1) is 5.92 Å². The van der Waals surface area contributed by atoms with Crippen LogP contribution in [0.4, 0.5) is 10.6 Å². The van der Waals surface area contributed by atoms with E-state index in [1.807, 2.05) is 0 Å². The van der Waals surface area contributed by atoms with Crippen molar-refractivity contribution in [3.8, 4) is 5.88 Å². The number of nitrogens with one attached hydrogen (secondary N) is 3. The molecule has 2 heterocycles. The zero-order chi connectivity index (χ0) is 17.7. The van der Waals surface area contributed by atoms with Crippen molar-refractivity contribution in [3.05, 3.63) is 10.8 Å². The lowest BCUT2D eigenvalue weighted by Crippen LogP contribution is -2.51. The molecule has 0 aromatic carbocycles. The highest BCUT2D eigenvalue weighted by atomic mass is 79.9. The summed E-state index contributed by atoms with van der Waals surface area (Å²) >= 11 is 3.25. The van der Waals surface area contributed by atoms with Gasteiger partial charge in [0.05, 0.1) is 18.7 Å². The zero-order valence-corrected chi connectivity index (χ0v) is 16.6. The van der Waals surface area contributed by atoms with Crippen LogP contribution >= 0.6 is 15.9 Å². The molecule has 0 aliphatic carbocycles. The number of halogens is 1. The number of ether oxygens (including phenoxy) is 1. The van der Waals surface area contributed by atoms with Crippen LogP contribution in [-0.2, 0) is 4.79 Å². The molecule has 1 aliphatic heterocycles. The van der Waals surface area contributed by atoms with Crippen molar-refractivity contribution in [1.82, 2.24) is 20.6 Å². The highest BCUT2D eigenvalue weighted by molar-refractivity contribution is 9.10. The molecule has 0 spiro atoms. The van der Waals surface area contributed by atoms with Crippen molar-refractivity contribution in [1.29, 1.82) is 0 Å². The number of carbonyl (C=O) groups is 2. The first kappa shape index (κ1) is 18.7. The van der Waals surface area contributed by atoms with E-state index in [9.17, 15) is 9.59 Å². The second-order valence-corrected chi connectivity index (χ2v) is 13.2. The summed E-state index contributed by atoms with van der Waals surface area (Å²) in [4.78, 5) is 31.9. The third-order valence-electron chi connectivity index (χ3n) is 3.43. The summed E-state index contributed by atoms with van der Waals surface area (Å²) in [5.41, 5.74) is 0. The fraction of sp³-hybridized carbons (Fsp3) is 0.571. The smallest absolute Gasteiger partial charge is 0.314 e. The molecule has 0 bridgehead atoms. The van der Waals surface area contributed by atoms with Crippen LogP contribution in [0.3, 0.4) is 0 Å². The molecular weight excluding hydrogens is 394 g/mol. The predicted octanol–water partition coefficient (Wildman–Crippen LogP) is 1.82. The molecule has 0 atom stereocenters. The van der Waals surface area contributed by atoms with E-state index >= 15 is 0 Å². The van der Waals surface area contributed by atoms with E-state index in [4.69, 9.17) is 4.74 Å². The minimum absolute atomic E-state index is 0.245. The number of amides is 3. The highest BCUT2D eigenvalue weighted by Crippen LogP contribution is 2.23. The monoisotopic (exact) mass is 415 g/mol. The average molecular weight is 416 g/mol. The Hall–Kier alpha value is -1.68. The maximum Gasteiger partial charge on any atom is 0.314 e. The number of hydrogen-bond acceptors (Lipinski definition) is 5. The van der Waals surface area contributed by atoms with Gasteiger partial charge in [-0.05, 0) is 22.0 Å². The Labute approximate surface area is 150 Å². The van der Waals surface area contributed by atoms with Gasteiger partial charge in [0.25, 0.3) is 5.88 Å².